The van der Waals surface area contributed by atoms with E-state index in [0.29, 0.717) is 12.5 Å². The van der Waals surface area contributed by atoms with Crippen LogP contribution in [0.2, 0.25) is 0 Å². The van der Waals surface area contributed by atoms with Gasteiger partial charge >= 0.3 is 0 Å². The molecule has 2 aromatic rings. The number of rotatable bonds is 3. The number of aromatic nitrogens is 1. The zero-order valence-electron chi connectivity index (χ0n) is 9.70. The molecule has 1 aromatic heterocycles. The van der Waals surface area contributed by atoms with Gasteiger partial charge in [0.05, 0.1) is 0 Å². The number of halogens is 1. The molecule has 1 atom stereocenters. The summed E-state index contributed by atoms with van der Waals surface area (Å²) in [4.78, 5) is 0. The van der Waals surface area contributed by atoms with Crippen LogP contribution in [0.3, 0.4) is 0 Å². The van der Waals surface area contributed by atoms with Crippen molar-refractivity contribution in [2.75, 3.05) is 6.54 Å². The lowest BCUT2D eigenvalue weighted by atomic mass is 10.0. The zero-order chi connectivity index (χ0) is 11.7. The fourth-order valence-electron chi connectivity index (χ4n) is 2.07. The molecular weight excluding hydrogens is 264 g/mol. The smallest absolute Gasteiger partial charge is 0.0494 e. The molecule has 0 aliphatic rings. The van der Waals surface area contributed by atoms with Crippen LogP contribution < -0.4 is 5.73 Å². The van der Waals surface area contributed by atoms with Gasteiger partial charge in [0, 0.05) is 28.1 Å². The Morgan fingerprint density at radius 2 is 2.19 bits per heavy atom. The first-order valence-corrected chi connectivity index (χ1v) is 6.45. The molecule has 0 amide bonds. The summed E-state index contributed by atoms with van der Waals surface area (Å²) < 4.78 is 3.40. The highest BCUT2D eigenvalue weighted by Crippen LogP contribution is 2.29. The van der Waals surface area contributed by atoms with E-state index in [4.69, 9.17) is 5.73 Å². The molecule has 1 aromatic carbocycles. The zero-order valence-corrected chi connectivity index (χ0v) is 11.3. The molecule has 3 heteroatoms. The summed E-state index contributed by atoms with van der Waals surface area (Å²) >= 11 is 3.52. The third-order valence-electron chi connectivity index (χ3n) is 3.10. The maximum absolute atomic E-state index is 5.76. The van der Waals surface area contributed by atoms with Gasteiger partial charge in [-0.15, -0.1) is 0 Å². The van der Waals surface area contributed by atoms with Crippen LogP contribution in [0.4, 0.5) is 0 Å². The molecule has 0 saturated heterocycles. The molecule has 2 nitrogen and oxygen atoms in total. The molecule has 16 heavy (non-hydrogen) atoms. The highest BCUT2D eigenvalue weighted by molar-refractivity contribution is 9.10. The summed E-state index contributed by atoms with van der Waals surface area (Å²) in [7, 11) is 0. The average molecular weight is 281 g/mol. The highest BCUT2D eigenvalue weighted by Gasteiger charge is 2.12. The maximum atomic E-state index is 5.76. The van der Waals surface area contributed by atoms with Crippen molar-refractivity contribution in [3.05, 3.63) is 34.4 Å². The van der Waals surface area contributed by atoms with Gasteiger partial charge in [0.1, 0.15) is 0 Å². The number of benzene rings is 1. The van der Waals surface area contributed by atoms with Crippen LogP contribution in [-0.2, 0) is 6.54 Å². The summed E-state index contributed by atoms with van der Waals surface area (Å²) in [5, 5.41) is 1.32. The Morgan fingerprint density at radius 1 is 1.44 bits per heavy atom. The molecule has 86 valence electrons. The summed E-state index contributed by atoms with van der Waals surface area (Å²) in [5.41, 5.74) is 8.40. The molecule has 0 saturated carbocycles. The quantitative estimate of drug-likeness (QED) is 0.917. The van der Waals surface area contributed by atoms with E-state index in [1.54, 1.807) is 0 Å². The molecule has 1 unspecified atom stereocenters. The minimum absolute atomic E-state index is 0.413. The second kappa shape index (κ2) is 4.60. The van der Waals surface area contributed by atoms with Crippen molar-refractivity contribution in [2.45, 2.75) is 26.3 Å². The van der Waals surface area contributed by atoms with Gasteiger partial charge in [-0.3, -0.25) is 0 Å². The van der Waals surface area contributed by atoms with E-state index in [1.807, 2.05) is 0 Å². The van der Waals surface area contributed by atoms with Crippen molar-refractivity contribution >= 4 is 26.8 Å². The van der Waals surface area contributed by atoms with Crippen molar-refractivity contribution in [1.82, 2.24) is 4.57 Å². The topological polar surface area (TPSA) is 30.9 Å². The van der Waals surface area contributed by atoms with Gasteiger partial charge in [0.2, 0.25) is 0 Å². The van der Waals surface area contributed by atoms with E-state index in [9.17, 15) is 0 Å². The highest BCUT2D eigenvalue weighted by atomic mass is 79.9. The molecule has 0 bridgehead atoms. The van der Waals surface area contributed by atoms with Crippen molar-refractivity contribution < 1.29 is 0 Å². The Balaban J connectivity index is 2.67. The summed E-state index contributed by atoms with van der Waals surface area (Å²) in [6.45, 7) is 6.02. The van der Waals surface area contributed by atoms with Crippen LogP contribution >= 0.6 is 15.9 Å². The first kappa shape index (κ1) is 11.7. The molecule has 0 aliphatic heterocycles. The van der Waals surface area contributed by atoms with Crippen LogP contribution in [0.25, 0.3) is 10.9 Å². The SMILES string of the molecule is CCn1cc(C(C)CN)c2ccc(Br)cc21. The van der Waals surface area contributed by atoms with Crippen LogP contribution in [0.5, 0.6) is 0 Å². The van der Waals surface area contributed by atoms with Gasteiger partial charge in [-0.1, -0.05) is 28.9 Å². The summed E-state index contributed by atoms with van der Waals surface area (Å²) in [6, 6.07) is 6.44. The monoisotopic (exact) mass is 280 g/mol. The molecule has 1 heterocycles. The fraction of sp³-hybridized carbons (Fsp3) is 0.385. The first-order chi connectivity index (χ1) is 7.67. The Labute approximate surface area is 105 Å². The van der Waals surface area contributed by atoms with Crippen molar-refractivity contribution in [3.63, 3.8) is 0 Å². The van der Waals surface area contributed by atoms with E-state index in [0.717, 1.165) is 11.0 Å². The van der Waals surface area contributed by atoms with Gasteiger partial charge in [0.15, 0.2) is 0 Å². The lowest BCUT2D eigenvalue weighted by Crippen LogP contribution is -2.08. The van der Waals surface area contributed by atoms with E-state index >= 15 is 0 Å². The number of nitrogens with zero attached hydrogens (tertiary/aromatic N) is 1. The van der Waals surface area contributed by atoms with Crippen molar-refractivity contribution in [2.24, 2.45) is 5.73 Å². The minimum Gasteiger partial charge on any atom is -0.347 e. The third kappa shape index (κ3) is 1.89. The molecular formula is C13H17BrN2. The predicted molar refractivity (Wildman–Crippen MR) is 72.8 cm³/mol. The van der Waals surface area contributed by atoms with Crippen LogP contribution in [0.1, 0.15) is 25.3 Å². The van der Waals surface area contributed by atoms with Gasteiger partial charge in [0.25, 0.3) is 0 Å². The summed E-state index contributed by atoms with van der Waals surface area (Å²) in [6.07, 6.45) is 2.23. The predicted octanol–water partition coefficient (Wildman–Crippen LogP) is 3.49. The standard InChI is InChI=1S/C13H17BrN2/c1-3-16-8-12(9(2)7-15)11-5-4-10(14)6-13(11)16/h4-6,8-9H,3,7,15H2,1-2H3. The van der Waals surface area contributed by atoms with E-state index in [-0.39, 0.29) is 0 Å². The molecule has 2 N–H and O–H groups in total. The maximum Gasteiger partial charge on any atom is 0.0494 e. The lowest BCUT2D eigenvalue weighted by Gasteiger charge is -2.06. The average Bonchev–Trinajstić information content (AvgIpc) is 2.66. The normalized spacial score (nSPS) is 13.2. The number of fused-ring (bicyclic) bond motifs is 1. The Morgan fingerprint density at radius 3 is 2.81 bits per heavy atom. The molecule has 0 aliphatic carbocycles. The Bertz CT molecular complexity index is 502. The molecule has 2 rings (SSSR count). The first-order valence-electron chi connectivity index (χ1n) is 5.65. The van der Waals surface area contributed by atoms with E-state index < -0.39 is 0 Å². The number of hydrogen-bond acceptors (Lipinski definition) is 1. The Kier molecular flexibility index (Phi) is 3.36. The van der Waals surface area contributed by atoms with Crippen LogP contribution in [0.15, 0.2) is 28.9 Å². The number of aryl methyl sites for hydroxylation is 1. The van der Waals surface area contributed by atoms with E-state index in [1.165, 1.54) is 16.5 Å². The lowest BCUT2D eigenvalue weighted by molar-refractivity contribution is 0.752. The number of hydrogen-bond donors (Lipinski definition) is 1. The summed E-state index contributed by atoms with van der Waals surface area (Å²) in [5.74, 6) is 0.413. The molecule has 0 radical (unpaired) electrons. The van der Waals surface area contributed by atoms with Crippen LogP contribution in [-0.4, -0.2) is 11.1 Å². The second-order valence-corrected chi connectivity index (χ2v) is 5.08. The van der Waals surface area contributed by atoms with Crippen LogP contribution in [0, 0.1) is 0 Å². The third-order valence-corrected chi connectivity index (χ3v) is 3.59. The van der Waals surface area contributed by atoms with E-state index in [2.05, 4.69) is 58.7 Å². The van der Waals surface area contributed by atoms with Crippen molar-refractivity contribution in [3.8, 4) is 0 Å². The van der Waals surface area contributed by atoms with Gasteiger partial charge < -0.3 is 10.3 Å². The van der Waals surface area contributed by atoms with Gasteiger partial charge in [-0.2, -0.15) is 0 Å². The number of nitrogens with two attached hydrogens (primary N) is 1. The molecule has 0 spiro atoms. The van der Waals surface area contributed by atoms with Crippen molar-refractivity contribution in [1.29, 1.82) is 0 Å². The second-order valence-electron chi connectivity index (χ2n) is 4.17. The van der Waals surface area contributed by atoms with Gasteiger partial charge in [-0.25, -0.2) is 0 Å². The molecule has 0 fully saturated rings. The minimum atomic E-state index is 0.413. The Hall–Kier alpha value is -0.800. The van der Waals surface area contributed by atoms with Gasteiger partial charge in [-0.05, 0) is 37.1 Å². The fourth-order valence-corrected chi connectivity index (χ4v) is 2.42. The largest absolute Gasteiger partial charge is 0.347 e.